The van der Waals surface area contributed by atoms with Gasteiger partial charge in [-0.2, -0.15) is 0 Å². The van der Waals surface area contributed by atoms with E-state index in [4.69, 9.17) is 14.2 Å². The van der Waals surface area contributed by atoms with E-state index in [-0.39, 0.29) is 11.8 Å². The van der Waals surface area contributed by atoms with Gasteiger partial charge < -0.3 is 28.6 Å². The van der Waals surface area contributed by atoms with Crippen LogP contribution in [0.15, 0.2) is 78.9 Å². The Kier molecular flexibility index (Phi) is 7.77. The first kappa shape index (κ1) is 26.9. The van der Waals surface area contributed by atoms with E-state index >= 15 is 0 Å². The second kappa shape index (κ2) is 11.6. The van der Waals surface area contributed by atoms with Crippen LogP contribution in [-0.4, -0.2) is 73.7 Å². The van der Waals surface area contributed by atoms with E-state index in [0.29, 0.717) is 43.1 Å². The first-order chi connectivity index (χ1) is 19.4. The lowest BCUT2D eigenvalue weighted by Crippen LogP contribution is -2.50. The molecule has 1 aromatic heterocycles. The molecule has 4 aromatic rings. The van der Waals surface area contributed by atoms with Crippen LogP contribution in [0, 0.1) is 6.92 Å². The highest BCUT2D eigenvalue weighted by Gasteiger charge is 2.28. The van der Waals surface area contributed by atoms with Gasteiger partial charge in [0.05, 0.1) is 32.6 Å². The standard InChI is InChI=1S/C32H33N3O5/c1-22-29(32(37)34-18-16-33(17-19-34)31(36)24-10-14-27(39-3)15-11-24)21-30(23-8-12-26(38-2)13-9-23)35(22)25-6-5-7-28(20-25)40-4/h5-15,20-21H,16-19H2,1-4H3. The van der Waals surface area contributed by atoms with Crippen molar-refractivity contribution in [1.82, 2.24) is 14.4 Å². The molecule has 2 amide bonds. The SMILES string of the molecule is COc1ccc(C(=O)N2CCN(C(=O)c3cc(-c4ccc(OC)cc4)n(-c4cccc(OC)c4)c3C)CC2)cc1. The second-order valence-corrected chi connectivity index (χ2v) is 9.61. The molecular formula is C32H33N3O5. The van der Waals surface area contributed by atoms with Gasteiger partial charge in [0.1, 0.15) is 17.2 Å². The molecule has 0 unspecified atom stereocenters. The summed E-state index contributed by atoms with van der Waals surface area (Å²) in [5, 5.41) is 0. The van der Waals surface area contributed by atoms with Gasteiger partial charge >= 0.3 is 0 Å². The smallest absolute Gasteiger partial charge is 0.255 e. The molecule has 0 radical (unpaired) electrons. The first-order valence-corrected chi connectivity index (χ1v) is 13.2. The molecule has 5 rings (SSSR count). The van der Waals surface area contributed by atoms with Crippen LogP contribution >= 0.6 is 0 Å². The third kappa shape index (κ3) is 5.25. The fourth-order valence-corrected chi connectivity index (χ4v) is 5.08. The van der Waals surface area contributed by atoms with Gasteiger partial charge in [0.2, 0.25) is 0 Å². The Bertz CT molecular complexity index is 1500. The van der Waals surface area contributed by atoms with Crippen LogP contribution in [0.3, 0.4) is 0 Å². The minimum atomic E-state index is -0.0505. The molecule has 3 aromatic carbocycles. The quantitative estimate of drug-likeness (QED) is 0.328. The zero-order chi connectivity index (χ0) is 28.2. The maximum Gasteiger partial charge on any atom is 0.255 e. The first-order valence-electron chi connectivity index (χ1n) is 13.2. The largest absolute Gasteiger partial charge is 0.497 e. The lowest BCUT2D eigenvalue weighted by atomic mass is 10.1. The molecule has 1 saturated heterocycles. The fourth-order valence-electron chi connectivity index (χ4n) is 5.08. The molecule has 0 aliphatic carbocycles. The Morgan fingerprint density at radius 2 is 1.20 bits per heavy atom. The summed E-state index contributed by atoms with van der Waals surface area (Å²) in [7, 11) is 4.87. The zero-order valence-corrected chi connectivity index (χ0v) is 23.2. The molecule has 0 N–H and O–H groups in total. The Labute approximate surface area is 234 Å². The van der Waals surface area contributed by atoms with Crippen LogP contribution in [0.25, 0.3) is 16.9 Å². The van der Waals surface area contributed by atoms with Crippen LogP contribution in [0.2, 0.25) is 0 Å². The lowest BCUT2D eigenvalue weighted by molar-refractivity contribution is 0.0535. The summed E-state index contributed by atoms with van der Waals surface area (Å²) >= 11 is 0. The molecule has 0 bridgehead atoms. The number of hydrogen-bond donors (Lipinski definition) is 0. The number of benzene rings is 3. The summed E-state index contributed by atoms with van der Waals surface area (Å²) in [5.74, 6) is 2.11. The van der Waals surface area contributed by atoms with Gasteiger partial charge in [-0.25, -0.2) is 0 Å². The van der Waals surface area contributed by atoms with Crippen molar-refractivity contribution >= 4 is 11.8 Å². The third-order valence-electron chi connectivity index (χ3n) is 7.37. The van der Waals surface area contributed by atoms with Crippen molar-refractivity contribution in [1.29, 1.82) is 0 Å². The highest BCUT2D eigenvalue weighted by Crippen LogP contribution is 2.32. The van der Waals surface area contributed by atoms with Crippen molar-refractivity contribution < 1.29 is 23.8 Å². The molecule has 0 spiro atoms. The number of ether oxygens (including phenoxy) is 3. The maximum absolute atomic E-state index is 13.8. The Morgan fingerprint density at radius 1 is 0.650 bits per heavy atom. The highest BCUT2D eigenvalue weighted by molar-refractivity contribution is 5.98. The third-order valence-corrected chi connectivity index (χ3v) is 7.37. The van der Waals surface area contributed by atoms with Crippen molar-refractivity contribution in [3.63, 3.8) is 0 Å². The van der Waals surface area contributed by atoms with Crippen LogP contribution in [0.5, 0.6) is 17.2 Å². The van der Waals surface area contributed by atoms with Crippen molar-refractivity contribution in [3.05, 3.63) is 95.7 Å². The van der Waals surface area contributed by atoms with Crippen LogP contribution in [-0.2, 0) is 0 Å². The lowest BCUT2D eigenvalue weighted by Gasteiger charge is -2.35. The van der Waals surface area contributed by atoms with Crippen molar-refractivity contribution in [2.75, 3.05) is 47.5 Å². The number of aromatic nitrogens is 1. The van der Waals surface area contributed by atoms with E-state index in [2.05, 4.69) is 4.57 Å². The van der Waals surface area contributed by atoms with E-state index in [1.807, 2.05) is 66.4 Å². The Balaban J connectivity index is 1.41. The summed E-state index contributed by atoms with van der Waals surface area (Å²) in [6.07, 6.45) is 0. The number of nitrogens with zero attached hydrogens (tertiary/aromatic N) is 3. The van der Waals surface area contributed by atoms with E-state index in [0.717, 1.165) is 34.1 Å². The van der Waals surface area contributed by atoms with Gasteiger partial charge in [-0.05, 0) is 79.2 Å². The highest BCUT2D eigenvalue weighted by atomic mass is 16.5. The van der Waals surface area contributed by atoms with Gasteiger partial charge in [-0.15, -0.1) is 0 Å². The van der Waals surface area contributed by atoms with Crippen molar-refractivity contribution in [3.8, 4) is 34.2 Å². The van der Waals surface area contributed by atoms with Gasteiger partial charge in [-0.1, -0.05) is 6.07 Å². The predicted octanol–water partition coefficient (Wildman–Crippen LogP) is 5.08. The minimum absolute atomic E-state index is 0.0445. The van der Waals surface area contributed by atoms with E-state index in [9.17, 15) is 9.59 Å². The number of carbonyl (C=O) groups is 2. The van der Waals surface area contributed by atoms with Gasteiger partial charge in [0.15, 0.2) is 0 Å². The van der Waals surface area contributed by atoms with Crippen LogP contribution < -0.4 is 14.2 Å². The molecule has 1 fully saturated rings. The van der Waals surface area contributed by atoms with E-state index < -0.39 is 0 Å². The van der Waals surface area contributed by atoms with E-state index in [1.165, 1.54) is 0 Å². The summed E-state index contributed by atoms with van der Waals surface area (Å²) in [5.41, 5.74) is 4.82. The summed E-state index contributed by atoms with van der Waals surface area (Å²) in [6.45, 7) is 3.82. The Hall–Kier alpha value is -4.72. The summed E-state index contributed by atoms with van der Waals surface area (Å²) in [4.78, 5) is 30.5. The average molecular weight is 540 g/mol. The summed E-state index contributed by atoms with van der Waals surface area (Å²) < 4.78 is 18.1. The topological polar surface area (TPSA) is 73.2 Å². The average Bonchev–Trinajstić information content (AvgIpc) is 3.37. The fraction of sp³-hybridized carbons (Fsp3) is 0.250. The number of carbonyl (C=O) groups excluding carboxylic acids is 2. The molecule has 40 heavy (non-hydrogen) atoms. The maximum atomic E-state index is 13.8. The molecule has 8 heteroatoms. The molecule has 206 valence electrons. The molecule has 1 aliphatic heterocycles. The number of hydrogen-bond acceptors (Lipinski definition) is 5. The van der Waals surface area contributed by atoms with Gasteiger partial charge in [0.25, 0.3) is 11.8 Å². The van der Waals surface area contributed by atoms with E-state index in [1.54, 1.807) is 50.5 Å². The van der Waals surface area contributed by atoms with Crippen LogP contribution in [0.4, 0.5) is 0 Å². The molecule has 1 aliphatic rings. The number of rotatable bonds is 7. The van der Waals surface area contributed by atoms with Gasteiger partial charge in [-0.3, -0.25) is 9.59 Å². The van der Waals surface area contributed by atoms with Crippen molar-refractivity contribution in [2.24, 2.45) is 0 Å². The second-order valence-electron chi connectivity index (χ2n) is 9.61. The predicted molar refractivity (Wildman–Crippen MR) is 154 cm³/mol. The Morgan fingerprint density at radius 3 is 1.77 bits per heavy atom. The molecule has 2 heterocycles. The minimum Gasteiger partial charge on any atom is -0.497 e. The number of amides is 2. The van der Waals surface area contributed by atoms with Crippen molar-refractivity contribution in [2.45, 2.75) is 6.92 Å². The molecule has 0 atom stereocenters. The number of methoxy groups -OCH3 is 3. The number of piperazine rings is 1. The molecular weight excluding hydrogens is 506 g/mol. The van der Waals surface area contributed by atoms with Crippen LogP contribution in [0.1, 0.15) is 26.4 Å². The monoisotopic (exact) mass is 539 g/mol. The summed E-state index contributed by atoms with van der Waals surface area (Å²) in [6, 6.07) is 24.6. The molecule has 8 nitrogen and oxygen atoms in total. The molecule has 0 saturated carbocycles. The zero-order valence-electron chi connectivity index (χ0n) is 23.2. The normalized spacial score (nSPS) is 13.2. The van der Waals surface area contributed by atoms with Gasteiger partial charge in [0, 0.05) is 49.2 Å².